The van der Waals surface area contributed by atoms with E-state index in [9.17, 15) is 19.7 Å². The van der Waals surface area contributed by atoms with Gasteiger partial charge in [-0.25, -0.2) is 14.5 Å². The third-order valence-corrected chi connectivity index (χ3v) is 4.36. The number of ether oxygens (including phenoxy) is 1. The Morgan fingerprint density at radius 2 is 1.88 bits per heavy atom. The van der Waals surface area contributed by atoms with Gasteiger partial charge in [0.15, 0.2) is 0 Å². The topological polar surface area (TPSA) is 147 Å². The van der Waals surface area contributed by atoms with Crippen molar-refractivity contribution in [3.05, 3.63) is 88.8 Å². The van der Waals surface area contributed by atoms with Crippen LogP contribution in [0, 0.1) is 10.1 Å². The summed E-state index contributed by atoms with van der Waals surface area (Å²) in [6.07, 6.45) is 5.58. The Bertz CT molecular complexity index is 1300. The second-order valence-electron chi connectivity index (χ2n) is 6.57. The van der Waals surface area contributed by atoms with Gasteiger partial charge >= 0.3 is 5.97 Å². The van der Waals surface area contributed by atoms with E-state index in [2.05, 4.69) is 20.5 Å². The fraction of sp³-hybridized carbons (Fsp3) is 0.0500. The molecule has 0 aliphatic carbocycles. The molecule has 12 heteroatoms. The van der Waals surface area contributed by atoms with E-state index in [1.807, 2.05) is 0 Å². The Labute approximate surface area is 180 Å². The number of aryl methyl sites for hydroxylation is 1. The number of hydrogen-bond donors (Lipinski definition) is 1. The Balaban J connectivity index is 1.46. The van der Waals surface area contributed by atoms with Crippen molar-refractivity contribution in [3.63, 3.8) is 0 Å². The minimum atomic E-state index is -0.773. The molecule has 0 aliphatic heterocycles. The summed E-state index contributed by atoms with van der Waals surface area (Å²) < 4.78 is 8.03. The van der Waals surface area contributed by atoms with Crippen LogP contribution in [0.3, 0.4) is 0 Å². The Kier molecular flexibility index (Phi) is 5.40. The minimum absolute atomic E-state index is 0.00507. The van der Waals surface area contributed by atoms with Crippen LogP contribution in [0.15, 0.2) is 67.5 Å². The van der Waals surface area contributed by atoms with Gasteiger partial charge in [0.1, 0.15) is 24.1 Å². The average molecular weight is 433 g/mol. The summed E-state index contributed by atoms with van der Waals surface area (Å²) in [5, 5.41) is 21.9. The van der Waals surface area contributed by atoms with E-state index in [1.165, 1.54) is 52.5 Å². The van der Waals surface area contributed by atoms with E-state index < -0.39 is 10.9 Å². The van der Waals surface area contributed by atoms with E-state index in [4.69, 9.17) is 4.74 Å². The zero-order valence-corrected chi connectivity index (χ0v) is 16.6. The molecular weight excluding hydrogens is 418 g/mol. The van der Waals surface area contributed by atoms with E-state index in [0.717, 1.165) is 6.07 Å². The van der Waals surface area contributed by atoms with Crippen molar-refractivity contribution >= 4 is 23.3 Å². The molecule has 1 amide bonds. The third kappa shape index (κ3) is 4.33. The molecule has 0 radical (unpaired) electrons. The number of benzene rings is 2. The van der Waals surface area contributed by atoms with Gasteiger partial charge in [-0.3, -0.25) is 19.6 Å². The molecule has 1 N–H and O–H groups in total. The fourth-order valence-electron chi connectivity index (χ4n) is 2.84. The van der Waals surface area contributed by atoms with Crippen molar-refractivity contribution < 1.29 is 19.2 Å². The quantitative estimate of drug-likeness (QED) is 0.211. The van der Waals surface area contributed by atoms with Gasteiger partial charge in [0.25, 0.3) is 11.6 Å². The molecule has 4 rings (SSSR count). The molecule has 160 valence electrons. The monoisotopic (exact) mass is 433 g/mol. The Hall–Kier alpha value is -4.87. The number of amides is 1. The Morgan fingerprint density at radius 3 is 2.50 bits per heavy atom. The van der Waals surface area contributed by atoms with Crippen LogP contribution < -0.4 is 10.1 Å². The molecule has 0 aliphatic rings. The van der Waals surface area contributed by atoms with Crippen LogP contribution in [0.25, 0.3) is 5.69 Å². The largest absolute Gasteiger partial charge is 0.423 e. The molecule has 2 heterocycles. The second kappa shape index (κ2) is 8.47. The first-order chi connectivity index (χ1) is 15.4. The lowest BCUT2D eigenvalue weighted by atomic mass is 10.1. The molecule has 0 saturated heterocycles. The number of nitro benzene ring substituents is 1. The number of carbonyl (C=O) groups excluding carboxylic acids is 2. The molecular formula is C20H15N7O5. The maximum Gasteiger partial charge on any atom is 0.343 e. The summed E-state index contributed by atoms with van der Waals surface area (Å²) in [6, 6.07) is 10.0. The number of hydrogen-bond acceptors (Lipinski definition) is 8. The normalized spacial score (nSPS) is 10.5. The van der Waals surface area contributed by atoms with E-state index in [-0.39, 0.29) is 28.6 Å². The van der Waals surface area contributed by atoms with Gasteiger partial charge in [-0.05, 0) is 36.4 Å². The van der Waals surface area contributed by atoms with Crippen molar-refractivity contribution in [1.82, 2.24) is 24.5 Å². The summed E-state index contributed by atoms with van der Waals surface area (Å²) in [5.41, 5.74) is 0.733. The first-order valence-electron chi connectivity index (χ1n) is 9.16. The summed E-state index contributed by atoms with van der Waals surface area (Å²) in [7, 11) is 1.71. The Morgan fingerprint density at radius 1 is 1.09 bits per heavy atom. The molecule has 0 saturated carbocycles. The van der Waals surface area contributed by atoms with Crippen LogP contribution in [0.2, 0.25) is 0 Å². The SMILES string of the molecule is Cn1cc(C(=O)Nc2ccc(OC(=O)c3ccc(-n4cncn4)c([N+](=O)[O-])c3)cc2)cn1. The van der Waals surface area contributed by atoms with Crippen molar-refractivity contribution in [2.45, 2.75) is 0 Å². The number of aromatic nitrogens is 5. The lowest BCUT2D eigenvalue weighted by Gasteiger charge is -2.08. The number of anilines is 1. The molecule has 0 fully saturated rings. The molecule has 4 aromatic rings. The molecule has 2 aromatic carbocycles. The lowest BCUT2D eigenvalue weighted by Crippen LogP contribution is -2.12. The molecule has 0 spiro atoms. The van der Waals surface area contributed by atoms with E-state index in [1.54, 1.807) is 25.4 Å². The molecule has 0 unspecified atom stereocenters. The van der Waals surface area contributed by atoms with Crippen molar-refractivity contribution in [3.8, 4) is 11.4 Å². The van der Waals surface area contributed by atoms with Crippen LogP contribution in [-0.4, -0.2) is 41.3 Å². The maximum atomic E-state index is 12.5. The van der Waals surface area contributed by atoms with Crippen LogP contribution in [0.5, 0.6) is 5.75 Å². The zero-order valence-electron chi connectivity index (χ0n) is 16.6. The molecule has 0 bridgehead atoms. The number of nitrogens with one attached hydrogen (secondary N) is 1. The van der Waals surface area contributed by atoms with Crippen LogP contribution in [0.1, 0.15) is 20.7 Å². The third-order valence-electron chi connectivity index (χ3n) is 4.36. The smallest absolute Gasteiger partial charge is 0.343 e. The van der Waals surface area contributed by atoms with Gasteiger partial charge in [-0.15, -0.1) is 0 Å². The maximum absolute atomic E-state index is 12.5. The van der Waals surface area contributed by atoms with E-state index in [0.29, 0.717) is 11.3 Å². The highest BCUT2D eigenvalue weighted by atomic mass is 16.6. The number of carbonyl (C=O) groups is 2. The highest BCUT2D eigenvalue weighted by Crippen LogP contribution is 2.25. The van der Waals surface area contributed by atoms with Gasteiger partial charge < -0.3 is 10.1 Å². The van der Waals surface area contributed by atoms with Gasteiger partial charge in [0.2, 0.25) is 0 Å². The first kappa shape index (κ1) is 20.4. The highest BCUT2D eigenvalue weighted by Gasteiger charge is 2.20. The summed E-state index contributed by atoms with van der Waals surface area (Å²) in [4.78, 5) is 39.2. The predicted octanol–water partition coefficient (Wildman–Crippen LogP) is 2.38. The van der Waals surface area contributed by atoms with Gasteiger partial charge in [-0.1, -0.05) is 0 Å². The first-order valence-corrected chi connectivity index (χ1v) is 9.16. The summed E-state index contributed by atoms with van der Waals surface area (Å²) >= 11 is 0. The fourth-order valence-corrected chi connectivity index (χ4v) is 2.84. The van der Waals surface area contributed by atoms with Gasteiger partial charge in [0.05, 0.1) is 22.2 Å². The zero-order chi connectivity index (χ0) is 22.7. The van der Waals surface area contributed by atoms with Crippen LogP contribution >= 0.6 is 0 Å². The molecule has 0 atom stereocenters. The predicted molar refractivity (Wildman–Crippen MR) is 111 cm³/mol. The van der Waals surface area contributed by atoms with Crippen LogP contribution in [-0.2, 0) is 7.05 Å². The highest BCUT2D eigenvalue weighted by molar-refractivity contribution is 6.04. The van der Waals surface area contributed by atoms with Crippen molar-refractivity contribution in [2.24, 2.45) is 7.05 Å². The number of nitrogens with zero attached hydrogens (tertiary/aromatic N) is 6. The molecule has 12 nitrogen and oxygen atoms in total. The minimum Gasteiger partial charge on any atom is -0.423 e. The average Bonchev–Trinajstić information content (AvgIpc) is 3.46. The van der Waals surface area contributed by atoms with Crippen molar-refractivity contribution in [1.29, 1.82) is 0 Å². The number of nitro groups is 1. The molecule has 32 heavy (non-hydrogen) atoms. The second-order valence-corrected chi connectivity index (χ2v) is 6.57. The van der Waals surface area contributed by atoms with E-state index >= 15 is 0 Å². The van der Waals surface area contributed by atoms with Crippen molar-refractivity contribution in [2.75, 3.05) is 5.32 Å². The summed E-state index contributed by atoms with van der Waals surface area (Å²) in [6.45, 7) is 0. The number of rotatable bonds is 6. The van der Waals surface area contributed by atoms with Gasteiger partial charge in [0, 0.05) is 25.0 Å². The number of esters is 1. The lowest BCUT2D eigenvalue weighted by molar-refractivity contribution is -0.384. The van der Waals surface area contributed by atoms with Gasteiger partial charge in [-0.2, -0.15) is 10.2 Å². The standard InChI is InChI=1S/C20H15N7O5/c1-25-10-14(9-22-25)19(28)24-15-3-5-16(6-4-15)32-20(29)13-2-7-17(18(8-13)27(30)31)26-12-21-11-23-26/h2-12H,1H3,(H,24,28). The molecule has 2 aromatic heterocycles. The summed E-state index contributed by atoms with van der Waals surface area (Å²) in [5.74, 6) is -0.898. The van der Waals surface area contributed by atoms with Crippen LogP contribution in [0.4, 0.5) is 11.4 Å².